The molecule has 11 heteroatoms. The first-order valence-electron chi connectivity index (χ1n) is 9.47. The van der Waals surface area contributed by atoms with Crippen LogP contribution in [-0.4, -0.2) is 53.3 Å². The Hall–Kier alpha value is -3.63. The second-order valence-electron chi connectivity index (χ2n) is 6.89. The van der Waals surface area contributed by atoms with Gasteiger partial charge in [-0.15, -0.1) is 13.2 Å². The van der Waals surface area contributed by atoms with Crippen molar-refractivity contribution in [3.05, 3.63) is 47.7 Å². The monoisotopic (exact) mass is 433 g/mol. The normalized spacial score (nSPS) is 14.5. The van der Waals surface area contributed by atoms with Crippen LogP contribution in [0.25, 0.3) is 0 Å². The Morgan fingerprint density at radius 2 is 1.94 bits per heavy atom. The van der Waals surface area contributed by atoms with Crippen molar-refractivity contribution in [1.29, 1.82) is 16.2 Å². The van der Waals surface area contributed by atoms with Crippen molar-refractivity contribution in [1.82, 2.24) is 9.88 Å². The predicted octanol–water partition coefficient (Wildman–Crippen LogP) is 3.47. The number of nitrogen functional groups attached to an aromatic ring is 1. The Morgan fingerprint density at radius 3 is 2.58 bits per heavy atom. The topological polar surface area (TPSA) is 126 Å². The van der Waals surface area contributed by atoms with E-state index in [0.29, 0.717) is 36.7 Å². The summed E-state index contributed by atoms with van der Waals surface area (Å²) in [4.78, 5) is 7.81. The van der Waals surface area contributed by atoms with Crippen LogP contribution in [-0.2, 0) is 0 Å². The molecule has 8 nitrogen and oxygen atoms in total. The number of nitrogens with zero attached hydrogens (tertiary/aromatic N) is 3. The van der Waals surface area contributed by atoms with Crippen LogP contribution >= 0.6 is 0 Å². The van der Waals surface area contributed by atoms with E-state index in [4.69, 9.17) is 22.0 Å². The van der Waals surface area contributed by atoms with Gasteiger partial charge in [-0.1, -0.05) is 6.92 Å². The maximum atomic E-state index is 12.5. The summed E-state index contributed by atoms with van der Waals surface area (Å²) in [5.74, 6) is 0.723. The second kappa shape index (κ2) is 8.62. The average molecular weight is 433 g/mol. The standard InChI is InChI=1S/C20H22F3N7O/c1-2-16(25)30-8-7-29(11-17(30)26)18-9-12(5-6-28-18)19(27)14-10-13(3-4-15(14)24)31-20(21,22)23/h3-6,9-10,25-27H,2,7-8,11,24H2,1H3. The fourth-order valence-corrected chi connectivity index (χ4v) is 3.24. The van der Waals surface area contributed by atoms with Gasteiger partial charge in [0, 0.05) is 42.5 Å². The molecule has 0 unspecified atom stereocenters. The number of hydrogen-bond donors (Lipinski definition) is 4. The highest BCUT2D eigenvalue weighted by molar-refractivity contribution is 6.14. The predicted molar refractivity (Wildman–Crippen MR) is 112 cm³/mol. The molecule has 2 heterocycles. The zero-order valence-corrected chi connectivity index (χ0v) is 16.8. The van der Waals surface area contributed by atoms with E-state index in [2.05, 4.69) is 9.72 Å². The largest absolute Gasteiger partial charge is 0.573 e. The van der Waals surface area contributed by atoms with Crippen LogP contribution in [0.3, 0.4) is 0 Å². The van der Waals surface area contributed by atoms with Crippen LogP contribution in [0, 0.1) is 16.2 Å². The minimum Gasteiger partial charge on any atom is -0.406 e. The number of nitrogens with two attached hydrogens (primary N) is 1. The molecule has 31 heavy (non-hydrogen) atoms. The van der Waals surface area contributed by atoms with E-state index in [1.165, 1.54) is 12.3 Å². The van der Waals surface area contributed by atoms with Crippen molar-refractivity contribution in [3.63, 3.8) is 0 Å². The van der Waals surface area contributed by atoms with Crippen molar-refractivity contribution in [2.45, 2.75) is 19.7 Å². The summed E-state index contributed by atoms with van der Waals surface area (Å²) >= 11 is 0. The quantitative estimate of drug-likeness (QED) is 0.326. The molecule has 0 amide bonds. The highest BCUT2D eigenvalue weighted by Gasteiger charge is 2.31. The molecule has 3 rings (SSSR count). The first-order chi connectivity index (χ1) is 14.6. The Bertz CT molecular complexity index is 1020. The molecule has 1 aliphatic rings. The Balaban J connectivity index is 1.82. The summed E-state index contributed by atoms with van der Waals surface area (Å²) < 4.78 is 41.5. The van der Waals surface area contributed by atoms with E-state index < -0.39 is 12.1 Å². The third kappa shape index (κ3) is 5.11. The third-order valence-electron chi connectivity index (χ3n) is 4.81. The molecule has 1 aromatic heterocycles. The van der Waals surface area contributed by atoms with Gasteiger partial charge in [0.15, 0.2) is 0 Å². The SMILES string of the molecule is CCC(=N)N1CCN(c2cc(C(=N)c3cc(OC(F)(F)F)ccc3N)ccn2)CC1=N. The van der Waals surface area contributed by atoms with Gasteiger partial charge in [0.05, 0.1) is 12.3 Å². The highest BCUT2D eigenvalue weighted by Crippen LogP contribution is 2.28. The number of hydrogen-bond acceptors (Lipinski definition) is 7. The number of pyridine rings is 1. The second-order valence-corrected chi connectivity index (χ2v) is 6.89. The molecular weight excluding hydrogens is 411 g/mol. The third-order valence-corrected chi connectivity index (χ3v) is 4.81. The summed E-state index contributed by atoms with van der Waals surface area (Å²) in [6, 6.07) is 6.63. The summed E-state index contributed by atoms with van der Waals surface area (Å²) in [5, 5.41) is 24.6. The molecular formula is C20H22F3N7O. The number of benzene rings is 1. The van der Waals surface area contributed by atoms with Crippen molar-refractivity contribution in [2.75, 3.05) is 30.3 Å². The molecule has 0 atom stereocenters. The number of halogens is 3. The van der Waals surface area contributed by atoms with Crippen molar-refractivity contribution in [3.8, 4) is 5.75 Å². The van der Waals surface area contributed by atoms with E-state index in [0.717, 1.165) is 12.1 Å². The smallest absolute Gasteiger partial charge is 0.406 e. The van der Waals surface area contributed by atoms with Gasteiger partial charge in [-0.05, 0) is 30.3 Å². The molecule has 1 saturated heterocycles. The molecule has 5 N–H and O–H groups in total. The molecule has 0 spiro atoms. The number of ether oxygens (including phenoxy) is 1. The zero-order valence-electron chi connectivity index (χ0n) is 16.8. The lowest BCUT2D eigenvalue weighted by molar-refractivity contribution is -0.274. The van der Waals surface area contributed by atoms with E-state index >= 15 is 0 Å². The lowest BCUT2D eigenvalue weighted by atomic mass is 10.0. The fourth-order valence-electron chi connectivity index (χ4n) is 3.24. The number of anilines is 2. The lowest BCUT2D eigenvalue weighted by Gasteiger charge is -2.36. The minimum absolute atomic E-state index is 0.0738. The van der Waals surface area contributed by atoms with Gasteiger partial charge in [-0.2, -0.15) is 0 Å². The van der Waals surface area contributed by atoms with E-state index in [1.54, 1.807) is 17.0 Å². The van der Waals surface area contributed by atoms with Crippen molar-refractivity contribution < 1.29 is 17.9 Å². The van der Waals surface area contributed by atoms with Crippen molar-refractivity contribution >= 4 is 28.9 Å². The number of alkyl halides is 3. The van der Waals surface area contributed by atoms with Gasteiger partial charge in [-0.25, -0.2) is 4.98 Å². The van der Waals surface area contributed by atoms with Gasteiger partial charge in [0.2, 0.25) is 0 Å². The van der Waals surface area contributed by atoms with E-state index in [-0.39, 0.29) is 29.3 Å². The summed E-state index contributed by atoms with van der Waals surface area (Å²) in [5.41, 5.74) is 6.48. The Labute approximate surface area is 177 Å². The van der Waals surface area contributed by atoms with E-state index in [1.807, 2.05) is 11.8 Å². The van der Waals surface area contributed by atoms with Crippen LogP contribution in [0.4, 0.5) is 24.7 Å². The number of amidine groups is 2. The maximum Gasteiger partial charge on any atom is 0.573 e. The van der Waals surface area contributed by atoms with Crippen LogP contribution in [0.1, 0.15) is 24.5 Å². The highest BCUT2D eigenvalue weighted by atomic mass is 19.4. The minimum atomic E-state index is -4.85. The maximum absolute atomic E-state index is 12.5. The molecule has 0 saturated carbocycles. The van der Waals surface area contributed by atoms with Crippen molar-refractivity contribution in [2.24, 2.45) is 0 Å². The first-order valence-corrected chi connectivity index (χ1v) is 9.47. The lowest BCUT2D eigenvalue weighted by Crippen LogP contribution is -2.52. The van der Waals surface area contributed by atoms with Crippen LogP contribution in [0.2, 0.25) is 0 Å². The van der Waals surface area contributed by atoms with Gasteiger partial charge in [0.25, 0.3) is 0 Å². The molecule has 0 bridgehead atoms. The van der Waals surface area contributed by atoms with Gasteiger partial charge in [-0.3, -0.25) is 16.2 Å². The molecule has 1 aromatic carbocycles. The van der Waals surface area contributed by atoms with Crippen LogP contribution < -0.4 is 15.4 Å². The molecule has 164 valence electrons. The molecule has 0 aliphatic carbocycles. The molecule has 2 aromatic rings. The number of piperazine rings is 1. The zero-order chi connectivity index (χ0) is 22.8. The summed E-state index contributed by atoms with van der Waals surface area (Å²) in [6.45, 7) is 3.12. The van der Waals surface area contributed by atoms with Gasteiger partial charge < -0.3 is 20.3 Å². The number of aromatic nitrogens is 1. The number of nitrogens with one attached hydrogen (secondary N) is 3. The molecule has 1 fully saturated rings. The number of rotatable bonds is 5. The summed E-state index contributed by atoms with van der Waals surface area (Å²) in [6.07, 6.45) is -2.82. The first kappa shape index (κ1) is 22.1. The Morgan fingerprint density at radius 1 is 1.19 bits per heavy atom. The van der Waals surface area contributed by atoms with Crippen LogP contribution in [0.15, 0.2) is 36.5 Å². The molecule has 0 radical (unpaired) electrons. The summed E-state index contributed by atoms with van der Waals surface area (Å²) in [7, 11) is 0. The fraction of sp³-hybridized carbons (Fsp3) is 0.300. The Kier molecular flexibility index (Phi) is 6.14. The molecule has 1 aliphatic heterocycles. The van der Waals surface area contributed by atoms with E-state index in [9.17, 15) is 13.2 Å². The van der Waals surface area contributed by atoms with Gasteiger partial charge in [0.1, 0.15) is 23.2 Å². The van der Waals surface area contributed by atoms with Gasteiger partial charge >= 0.3 is 6.36 Å². The van der Waals surface area contributed by atoms with Crippen LogP contribution in [0.5, 0.6) is 5.75 Å². The average Bonchev–Trinajstić information content (AvgIpc) is 2.73.